The quantitative estimate of drug-likeness (QED) is 0.663. The zero-order chi connectivity index (χ0) is 18.6. The van der Waals surface area contributed by atoms with Crippen molar-refractivity contribution >= 4 is 11.6 Å². The molecule has 140 valence electrons. The molecular weight excluding hydrogens is 360 g/mol. The summed E-state index contributed by atoms with van der Waals surface area (Å²) in [5, 5.41) is 5.09. The summed E-state index contributed by atoms with van der Waals surface area (Å²) >= 11 is 6.09. The van der Waals surface area contributed by atoms with Crippen molar-refractivity contribution in [3.05, 3.63) is 71.3 Å². The largest absolute Gasteiger partial charge is 0.369 e. The monoisotopic (exact) mass is 382 g/mol. The summed E-state index contributed by atoms with van der Waals surface area (Å²) in [5.41, 5.74) is 4.33. The molecule has 1 fully saturated rings. The normalized spacial score (nSPS) is 17.9. The van der Waals surface area contributed by atoms with Crippen molar-refractivity contribution in [1.29, 1.82) is 0 Å². The first kappa shape index (κ1) is 18.2. The lowest BCUT2D eigenvalue weighted by Crippen LogP contribution is -2.38. The number of nitrogens with zero attached hydrogens (tertiary/aromatic N) is 4. The Morgan fingerprint density at radius 1 is 1.19 bits per heavy atom. The first-order valence-electron chi connectivity index (χ1n) is 9.28. The van der Waals surface area contributed by atoms with E-state index in [0.29, 0.717) is 6.61 Å². The van der Waals surface area contributed by atoms with E-state index >= 15 is 0 Å². The van der Waals surface area contributed by atoms with Gasteiger partial charge in [0, 0.05) is 54.7 Å². The van der Waals surface area contributed by atoms with Crippen molar-refractivity contribution in [2.24, 2.45) is 0 Å². The Labute approximate surface area is 164 Å². The third-order valence-electron chi connectivity index (χ3n) is 4.84. The van der Waals surface area contributed by atoms with E-state index in [0.717, 1.165) is 48.0 Å². The molecule has 2 aromatic heterocycles. The van der Waals surface area contributed by atoms with Crippen LogP contribution in [0.3, 0.4) is 0 Å². The van der Waals surface area contributed by atoms with E-state index in [-0.39, 0.29) is 6.10 Å². The maximum absolute atomic E-state index is 6.09. The van der Waals surface area contributed by atoms with Crippen molar-refractivity contribution in [1.82, 2.24) is 19.7 Å². The van der Waals surface area contributed by atoms with E-state index in [1.54, 1.807) is 0 Å². The number of ether oxygens (including phenoxy) is 1. The minimum Gasteiger partial charge on any atom is -0.369 e. The molecule has 0 aliphatic carbocycles. The molecule has 1 aliphatic heterocycles. The molecule has 0 amide bonds. The van der Waals surface area contributed by atoms with Crippen LogP contribution < -0.4 is 0 Å². The zero-order valence-corrected chi connectivity index (χ0v) is 16.1. The highest BCUT2D eigenvalue weighted by molar-refractivity contribution is 6.30. The van der Waals surface area contributed by atoms with Crippen LogP contribution in [0.1, 0.15) is 24.3 Å². The molecule has 0 N–H and O–H groups in total. The molecule has 27 heavy (non-hydrogen) atoms. The molecular formula is C21H23ClN4O. The van der Waals surface area contributed by atoms with Crippen molar-refractivity contribution in [2.45, 2.75) is 26.1 Å². The van der Waals surface area contributed by atoms with Gasteiger partial charge in [-0.15, -0.1) is 0 Å². The second-order valence-corrected chi connectivity index (χ2v) is 7.22. The fraction of sp³-hybridized carbons (Fsp3) is 0.333. The van der Waals surface area contributed by atoms with Gasteiger partial charge in [0.25, 0.3) is 0 Å². The number of morpholine rings is 1. The lowest BCUT2D eigenvalue weighted by atomic mass is 10.1. The number of rotatable bonds is 5. The number of aryl methyl sites for hydroxylation is 1. The SMILES string of the molecule is CCn1cc(CN2CCO[C@H](c3ccc(-c4cccc(Cl)c4)cn3)C2)cn1. The molecule has 1 saturated heterocycles. The summed E-state index contributed by atoms with van der Waals surface area (Å²) < 4.78 is 7.94. The van der Waals surface area contributed by atoms with E-state index in [4.69, 9.17) is 16.3 Å². The second-order valence-electron chi connectivity index (χ2n) is 6.78. The van der Waals surface area contributed by atoms with Crippen LogP contribution in [0.4, 0.5) is 0 Å². The van der Waals surface area contributed by atoms with Gasteiger partial charge in [0.1, 0.15) is 6.10 Å². The van der Waals surface area contributed by atoms with Gasteiger partial charge in [-0.3, -0.25) is 14.6 Å². The predicted molar refractivity (Wildman–Crippen MR) is 107 cm³/mol. The summed E-state index contributed by atoms with van der Waals surface area (Å²) in [7, 11) is 0. The van der Waals surface area contributed by atoms with Gasteiger partial charge in [0.05, 0.1) is 18.5 Å². The Hall–Kier alpha value is -2.21. The summed E-state index contributed by atoms with van der Waals surface area (Å²) in [6.45, 7) is 6.36. The Balaban J connectivity index is 1.43. The van der Waals surface area contributed by atoms with E-state index < -0.39 is 0 Å². The van der Waals surface area contributed by atoms with Crippen LogP contribution in [0, 0.1) is 0 Å². The summed E-state index contributed by atoms with van der Waals surface area (Å²) in [6, 6.07) is 12.0. The van der Waals surface area contributed by atoms with Gasteiger partial charge in [-0.05, 0) is 30.7 Å². The molecule has 0 saturated carbocycles. The van der Waals surface area contributed by atoms with Crippen molar-refractivity contribution in [3.63, 3.8) is 0 Å². The van der Waals surface area contributed by atoms with Crippen molar-refractivity contribution in [3.8, 4) is 11.1 Å². The number of aromatic nitrogens is 3. The number of halogens is 1. The maximum Gasteiger partial charge on any atom is 0.112 e. The maximum atomic E-state index is 6.09. The third-order valence-corrected chi connectivity index (χ3v) is 5.08. The van der Waals surface area contributed by atoms with Gasteiger partial charge >= 0.3 is 0 Å². The number of hydrogen-bond donors (Lipinski definition) is 0. The first-order valence-corrected chi connectivity index (χ1v) is 9.66. The zero-order valence-electron chi connectivity index (χ0n) is 15.4. The van der Waals surface area contributed by atoms with Crippen LogP contribution >= 0.6 is 11.6 Å². The predicted octanol–water partition coefficient (Wildman–Crippen LogP) is 4.19. The van der Waals surface area contributed by atoms with Crippen LogP contribution in [0.15, 0.2) is 55.0 Å². The molecule has 5 nitrogen and oxygen atoms in total. The molecule has 1 aliphatic rings. The second kappa shape index (κ2) is 8.21. The highest BCUT2D eigenvalue weighted by Crippen LogP contribution is 2.26. The molecule has 1 atom stereocenters. The van der Waals surface area contributed by atoms with Gasteiger partial charge in [-0.1, -0.05) is 29.8 Å². The van der Waals surface area contributed by atoms with E-state index in [1.165, 1.54) is 5.56 Å². The molecule has 3 heterocycles. The van der Waals surface area contributed by atoms with Gasteiger partial charge in [0.2, 0.25) is 0 Å². The highest BCUT2D eigenvalue weighted by atomic mass is 35.5. The number of pyridine rings is 1. The van der Waals surface area contributed by atoms with Crippen LogP contribution in [0.2, 0.25) is 5.02 Å². The minimum atomic E-state index is -0.00613. The first-order chi connectivity index (χ1) is 13.2. The Bertz CT molecular complexity index is 893. The Morgan fingerprint density at radius 3 is 2.85 bits per heavy atom. The molecule has 1 aromatic carbocycles. The van der Waals surface area contributed by atoms with Crippen molar-refractivity contribution in [2.75, 3.05) is 19.7 Å². The fourth-order valence-electron chi connectivity index (χ4n) is 3.38. The topological polar surface area (TPSA) is 43.2 Å². The molecule has 4 rings (SSSR count). The third kappa shape index (κ3) is 4.38. The lowest BCUT2D eigenvalue weighted by molar-refractivity contribution is -0.0349. The average Bonchev–Trinajstić information content (AvgIpc) is 3.16. The fourth-order valence-corrected chi connectivity index (χ4v) is 3.57. The van der Waals surface area contributed by atoms with Crippen LogP contribution in [0.25, 0.3) is 11.1 Å². The van der Waals surface area contributed by atoms with Gasteiger partial charge in [-0.2, -0.15) is 5.10 Å². The van der Waals surface area contributed by atoms with E-state index in [2.05, 4.69) is 40.2 Å². The molecule has 0 spiro atoms. The molecule has 3 aromatic rings. The summed E-state index contributed by atoms with van der Waals surface area (Å²) in [5.74, 6) is 0. The van der Waals surface area contributed by atoms with Crippen LogP contribution in [-0.2, 0) is 17.8 Å². The van der Waals surface area contributed by atoms with Crippen LogP contribution in [-0.4, -0.2) is 39.4 Å². The summed E-state index contributed by atoms with van der Waals surface area (Å²) in [4.78, 5) is 7.06. The number of benzene rings is 1. The number of hydrogen-bond acceptors (Lipinski definition) is 4. The van der Waals surface area contributed by atoms with Gasteiger partial charge in [-0.25, -0.2) is 0 Å². The standard InChI is InChI=1S/C21H23ClN4O/c1-2-26-14-16(11-24-26)13-25-8-9-27-21(15-25)20-7-6-18(12-23-20)17-4-3-5-19(22)10-17/h3-7,10-12,14,21H,2,8-9,13,15H2,1H3/t21-/m0/s1. The van der Waals surface area contributed by atoms with Crippen LogP contribution in [0.5, 0.6) is 0 Å². The van der Waals surface area contributed by atoms with Crippen molar-refractivity contribution < 1.29 is 4.74 Å². The molecule has 0 radical (unpaired) electrons. The molecule has 6 heteroatoms. The molecule has 0 bridgehead atoms. The lowest BCUT2D eigenvalue weighted by Gasteiger charge is -2.32. The summed E-state index contributed by atoms with van der Waals surface area (Å²) in [6.07, 6.45) is 5.96. The Kier molecular flexibility index (Phi) is 5.53. The van der Waals surface area contributed by atoms with Gasteiger partial charge < -0.3 is 4.74 Å². The van der Waals surface area contributed by atoms with E-state index in [9.17, 15) is 0 Å². The molecule has 0 unspecified atom stereocenters. The highest BCUT2D eigenvalue weighted by Gasteiger charge is 2.23. The van der Waals surface area contributed by atoms with Gasteiger partial charge in [0.15, 0.2) is 0 Å². The minimum absolute atomic E-state index is 0.00613. The smallest absolute Gasteiger partial charge is 0.112 e. The van der Waals surface area contributed by atoms with E-state index in [1.807, 2.05) is 41.3 Å². The average molecular weight is 383 g/mol. The Morgan fingerprint density at radius 2 is 2.11 bits per heavy atom.